The molecule has 17 heavy (non-hydrogen) atoms. The molecule has 1 atom stereocenters. The van der Waals surface area contributed by atoms with Crippen LogP contribution in [0.25, 0.3) is 0 Å². The highest BCUT2D eigenvalue weighted by Crippen LogP contribution is 2.28. The number of nitrogens with zero attached hydrogens (tertiary/aromatic N) is 1. The van der Waals surface area contributed by atoms with Gasteiger partial charge in [-0.2, -0.15) is 0 Å². The zero-order valence-electron chi connectivity index (χ0n) is 10.7. The molecule has 1 aromatic heterocycles. The minimum Gasteiger partial charge on any atom is -0.375 e. The molecule has 0 saturated carbocycles. The van der Waals surface area contributed by atoms with Crippen LogP contribution in [0.1, 0.15) is 25.3 Å². The summed E-state index contributed by atoms with van der Waals surface area (Å²) in [4.78, 5) is 4.18. The molecule has 0 aliphatic heterocycles. The summed E-state index contributed by atoms with van der Waals surface area (Å²) in [6.45, 7) is 10.0. The molecule has 2 N–H and O–H groups in total. The van der Waals surface area contributed by atoms with Gasteiger partial charge in [0.2, 0.25) is 0 Å². The largest absolute Gasteiger partial charge is 0.375 e. The Bertz CT molecular complexity index is 372. The molecule has 0 spiro atoms. The van der Waals surface area contributed by atoms with Gasteiger partial charge in [0, 0.05) is 19.4 Å². The number of nitrogens with one attached hydrogen (secondary N) is 2. The van der Waals surface area contributed by atoms with E-state index in [1.165, 1.54) is 0 Å². The van der Waals surface area contributed by atoms with Crippen molar-refractivity contribution in [2.24, 2.45) is 0 Å². The molecular weight excluding hydrogens is 210 g/mol. The summed E-state index contributed by atoms with van der Waals surface area (Å²) in [5, 5.41) is 6.39. The van der Waals surface area contributed by atoms with Crippen LogP contribution in [0.3, 0.4) is 0 Å². The molecule has 92 valence electrons. The van der Waals surface area contributed by atoms with Gasteiger partial charge in [-0.15, -0.1) is 6.58 Å². The number of rotatable bonds is 7. The second kappa shape index (κ2) is 6.09. The van der Waals surface area contributed by atoms with Gasteiger partial charge in [-0.3, -0.25) is 4.98 Å². The zero-order valence-corrected chi connectivity index (χ0v) is 10.7. The Hall–Kier alpha value is -1.77. The molecule has 0 radical (unpaired) electrons. The molecule has 1 rings (SSSR count). The van der Waals surface area contributed by atoms with Crippen molar-refractivity contribution in [2.75, 3.05) is 7.05 Å². The summed E-state index contributed by atoms with van der Waals surface area (Å²) in [6, 6.07) is 3.99. The van der Waals surface area contributed by atoms with Gasteiger partial charge >= 0.3 is 0 Å². The maximum absolute atomic E-state index is 4.18. The SMILES string of the molecule is C=CC(CCC)(NC(=C)NC)c1cccnc1. The van der Waals surface area contributed by atoms with Crippen molar-refractivity contribution in [1.82, 2.24) is 15.6 Å². The third kappa shape index (κ3) is 3.09. The van der Waals surface area contributed by atoms with Crippen LogP contribution in [0, 0.1) is 0 Å². The summed E-state index contributed by atoms with van der Waals surface area (Å²) in [5.41, 5.74) is 0.802. The zero-order chi connectivity index (χ0) is 12.7. The lowest BCUT2D eigenvalue weighted by atomic mass is 9.86. The first kappa shape index (κ1) is 13.3. The molecule has 0 aromatic carbocycles. The molecular formula is C14H21N3. The predicted molar refractivity (Wildman–Crippen MR) is 72.4 cm³/mol. The first-order valence-corrected chi connectivity index (χ1v) is 5.87. The minimum absolute atomic E-state index is 0.302. The van der Waals surface area contributed by atoms with E-state index in [2.05, 4.69) is 41.8 Å². The Morgan fingerprint density at radius 1 is 1.59 bits per heavy atom. The lowest BCUT2D eigenvalue weighted by Gasteiger charge is -2.33. The van der Waals surface area contributed by atoms with Gasteiger partial charge in [-0.05, 0) is 18.1 Å². The van der Waals surface area contributed by atoms with Crippen LogP contribution in [-0.2, 0) is 5.54 Å². The summed E-state index contributed by atoms with van der Waals surface area (Å²) >= 11 is 0. The average Bonchev–Trinajstić information content (AvgIpc) is 2.39. The molecule has 0 fully saturated rings. The fourth-order valence-corrected chi connectivity index (χ4v) is 1.90. The normalized spacial score (nSPS) is 13.5. The highest BCUT2D eigenvalue weighted by Gasteiger charge is 2.28. The Kier molecular flexibility index (Phi) is 4.76. The molecule has 0 saturated heterocycles. The topological polar surface area (TPSA) is 37.0 Å². The van der Waals surface area contributed by atoms with Crippen molar-refractivity contribution in [3.05, 3.63) is 55.1 Å². The fourth-order valence-electron chi connectivity index (χ4n) is 1.90. The highest BCUT2D eigenvalue weighted by molar-refractivity contribution is 5.28. The molecule has 0 bridgehead atoms. The Morgan fingerprint density at radius 3 is 2.82 bits per heavy atom. The number of pyridine rings is 1. The lowest BCUT2D eigenvalue weighted by molar-refractivity contribution is 0.409. The van der Waals surface area contributed by atoms with Crippen molar-refractivity contribution >= 4 is 0 Å². The van der Waals surface area contributed by atoms with E-state index < -0.39 is 0 Å². The molecule has 0 aliphatic rings. The fraction of sp³-hybridized carbons (Fsp3) is 0.357. The van der Waals surface area contributed by atoms with Crippen molar-refractivity contribution < 1.29 is 0 Å². The molecule has 3 heteroatoms. The number of hydrogen-bond acceptors (Lipinski definition) is 3. The van der Waals surface area contributed by atoms with Crippen LogP contribution in [0.5, 0.6) is 0 Å². The molecule has 1 heterocycles. The van der Waals surface area contributed by atoms with Crippen LogP contribution in [0.2, 0.25) is 0 Å². The van der Waals surface area contributed by atoms with E-state index in [0.717, 1.165) is 24.2 Å². The van der Waals surface area contributed by atoms with Gasteiger partial charge in [-0.25, -0.2) is 0 Å². The van der Waals surface area contributed by atoms with E-state index in [9.17, 15) is 0 Å². The predicted octanol–water partition coefficient (Wildman–Crippen LogP) is 2.54. The average molecular weight is 231 g/mol. The number of hydrogen-bond donors (Lipinski definition) is 2. The first-order valence-electron chi connectivity index (χ1n) is 5.87. The van der Waals surface area contributed by atoms with E-state index >= 15 is 0 Å². The van der Waals surface area contributed by atoms with E-state index in [1.54, 1.807) is 6.20 Å². The first-order chi connectivity index (χ1) is 8.18. The molecule has 1 unspecified atom stereocenters. The van der Waals surface area contributed by atoms with Gasteiger partial charge in [0.1, 0.15) is 0 Å². The van der Waals surface area contributed by atoms with Crippen molar-refractivity contribution in [1.29, 1.82) is 0 Å². The summed E-state index contributed by atoms with van der Waals surface area (Å²) in [5.74, 6) is 0.780. The van der Waals surface area contributed by atoms with Gasteiger partial charge < -0.3 is 10.6 Å². The van der Waals surface area contributed by atoms with Gasteiger partial charge in [0.15, 0.2) is 0 Å². The Balaban J connectivity index is 3.08. The maximum Gasteiger partial charge on any atom is 0.0919 e. The standard InChI is InChI=1S/C14H21N3/c1-5-9-14(6-2,17-12(3)15-4)13-8-7-10-16-11-13/h6-8,10-11,15,17H,2-3,5,9H2,1,4H3. The third-order valence-electron chi connectivity index (χ3n) is 2.85. The molecule has 3 nitrogen and oxygen atoms in total. The van der Waals surface area contributed by atoms with Crippen LogP contribution < -0.4 is 10.6 Å². The quantitative estimate of drug-likeness (QED) is 0.708. The smallest absolute Gasteiger partial charge is 0.0919 e. The molecule has 1 aromatic rings. The van der Waals surface area contributed by atoms with E-state index in [0.29, 0.717) is 0 Å². The second-order valence-electron chi connectivity index (χ2n) is 4.02. The highest BCUT2D eigenvalue weighted by atomic mass is 15.1. The summed E-state index contributed by atoms with van der Waals surface area (Å²) in [7, 11) is 1.85. The number of aromatic nitrogens is 1. The van der Waals surface area contributed by atoms with Crippen molar-refractivity contribution in [3.8, 4) is 0 Å². The molecule has 0 amide bonds. The summed E-state index contributed by atoms with van der Waals surface area (Å²) < 4.78 is 0. The van der Waals surface area contributed by atoms with Gasteiger partial charge in [-0.1, -0.05) is 32.1 Å². The van der Waals surface area contributed by atoms with Crippen LogP contribution >= 0.6 is 0 Å². The molecule has 0 aliphatic carbocycles. The van der Waals surface area contributed by atoms with E-state index in [4.69, 9.17) is 0 Å². The monoisotopic (exact) mass is 231 g/mol. The Labute approximate surface area is 104 Å². The van der Waals surface area contributed by atoms with Crippen LogP contribution in [0.4, 0.5) is 0 Å². The lowest BCUT2D eigenvalue weighted by Crippen LogP contribution is -2.42. The van der Waals surface area contributed by atoms with Crippen LogP contribution in [0.15, 0.2) is 49.6 Å². The second-order valence-corrected chi connectivity index (χ2v) is 4.02. The minimum atomic E-state index is -0.302. The van der Waals surface area contributed by atoms with Gasteiger partial charge in [0.05, 0.1) is 11.4 Å². The Morgan fingerprint density at radius 2 is 2.35 bits per heavy atom. The van der Waals surface area contributed by atoms with E-state index in [1.807, 2.05) is 25.4 Å². The summed E-state index contributed by atoms with van der Waals surface area (Å²) in [6.07, 6.45) is 7.56. The van der Waals surface area contributed by atoms with Crippen molar-refractivity contribution in [2.45, 2.75) is 25.3 Å². The van der Waals surface area contributed by atoms with E-state index in [-0.39, 0.29) is 5.54 Å². The maximum atomic E-state index is 4.18. The third-order valence-corrected chi connectivity index (χ3v) is 2.85. The van der Waals surface area contributed by atoms with Gasteiger partial charge in [0.25, 0.3) is 0 Å². The van der Waals surface area contributed by atoms with Crippen LogP contribution in [-0.4, -0.2) is 12.0 Å². The van der Waals surface area contributed by atoms with Crippen molar-refractivity contribution in [3.63, 3.8) is 0 Å².